The first-order valence-electron chi connectivity index (χ1n) is 6.95. The monoisotopic (exact) mass is 365 g/mol. The van der Waals surface area contributed by atoms with E-state index in [1.54, 1.807) is 13.0 Å². The minimum absolute atomic E-state index is 0.266. The molecular formula is C18H14Cl2FNO2. The quantitative estimate of drug-likeness (QED) is 0.534. The summed E-state index contributed by atoms with van der Waals surface area (Å²) in [6, 6.07) is 4.47. The van der Waals surface area contributed by atoms with Gasteiger partial charge in [-0.2, -0.15) is 0 Å². The van der Waals surface area contributed by atoms with E-state index in [9.17, 15) is 9.18 Å². The van der Waals surface area contributed by atoms with Crippen LogP contribution in [0.15, 0.2) is 53.2 Å². The van der Waals surface area contributed by atoms with Crippen LogP contribution < -0.4 is 0 Å². The number of methoxy groups -OCH3 is 1. The van der Waals surface area contributed by atoms with Crippen molar-refractivity contribution in [1.82, 2.24) is 4.98 Å². The Balaban J connectivity index is 2.89. The fourth-order valence-electron chi connectivity index (χ4n) is 2.24. The minimum atomic E-state index is -0.537. The second kappa shape index (κ2) is 7.60. The Bertz CT molecular complexity index is 888. The molecule has 0 saturated heterocycles. The maximum Gasteiger partial charge on any atom is 0.337 e. The van der Waals surface area contributed by atoms with Gasteiger partial charge in [-0.3, -0.25) is 4.98 Å². The molecule has 0 atom stereocenters. The Morgan fingerprint density at radius 3 is 2.62 bits per heavy atom. The molecule has 1 aromatic heterocycles. The third-order valence-electron chi connectivity index (χ3n) is 3.41. The number of benzene rings is 1. The van der Waals surface area contributed by atoms with E-state index in [-0.39, 0.29) is 10.6 Å². The first kappa shape index (κ1) is 18.2. The zero-order chi connectivity index (χ0) is 17.9. The first-order valence-corrected chi connectivity index (χ1v) is 7.71. The zero-order valence-corrected chi connectivity index (χ0v) is 14.6. The number of nitrogens with zero attached hydrogens (tertiary/aromatic N) is 1. The summed E-state index contributed by atoms with van der Waals surface area (Å²) >= 11 is 12.5. The highest BCUT2D eigenvalue weighted by Crippen LogP contribution is 2.35. The lowest BCUT2D eigenvalue weighted by Gasteiger charge is -2.12. The maximum absolute atomic E-state index is 14.1. The highest BCUT2D eigenvalue weighted by molar-refractivity contribution is 6.43. The molecule has 1 aromatic carbocycles. The van der Waals surface area contributed by atoms with E-state index in [0.29, 0.717) is 27.1 Å². The lowest BCUT2D eigenvalue weighted by molar-refractivity contribution is 0.0601. The zero-order valence-electron chi connectivity index (χ0n) is 13.1. The SMILES string of the molecule is C=C/C(Cl)=C(\C(Cl)=C/C)c1ncc(F)c2ccc(C(=O)OC)cc12. The molecule has 0 fully saturated rings. The molecule has 0 spiro atoms. The van der Waals surface area contributed by atoms with E-state index in [1.165, 1.54) is 31.4 Å². The van der Waals surface area contributed by atoms with E-state index in [4.69, 9.17) is 27.9 Å². The van der Waals surface area contributed by atoms with Crippen LogP contribution in [-0.4, -0.2) is 18.1 Å². The molecule has 1 heterocycles. The van der Waals surface area contributed by atoms with Gasteiger partial charge in [0, 0.05) is 21.4 Å². The third kappa shape index (κ3) is 3.35. The highest BCUT2D eigenvalue weighted by Gasteiger charge is 2.18. The number of fused-ring (bicyclic) bond motifs is 1. The van der Waals surface area contributed by atoms with Crippen LogP contribution in [0.5, 0.6) is 0 Å². The molecule has 2 rings (SSSR count). The van der Waals surface area contributed by atoms with Gasteiger partial charge in [0.2, 0.25) is 0 Å². The Morgan fingerprint density at radius 2 is 2.04 bits per heavy atom. The molecular weight excluding hydrogens is 352 g/mol. The van der Waals surface area contributed by atoms with Gasteiger partial charge in [0.05, 0.1) is 29.6 Å². The van der Waals surface area contributed by atoms with E-state index in [0.717, 1.165) is 6.20 Å². The summed E-state index contributed by atoms with van der Waals surface area (Å²) in [6.45, 7) is 5.37. The van der Waals surface area contributed by atoms with Gasteiger partial charge in [-0.05, 0) is 25.1 Å². The summed E-state index contributed by atoms with van der Waals surface area (Å²) in [5.41, 5.74) is 1.03. The van der Waals surface area contributed by atoms with Gasteiger partial charge in [0.25, 0.3) is 0 Å². The molecule has 0 aliphatic rings. The molecule has 3 nitrogen and oxygen atoms in total. The van der Waals surface area contributed by atoms with Crippen molar-refractivity contribution in [2.24, 2.45) is 0 Å². The number of carbonyl (C=O) groups excluding carboxylic acids is 1. The van der Waals surface area contributed by atoms with Crippen molar-refractivity contribution in [1.29, 1.82) is 0 Å². The topological polar surface area (TPSA) is 39.2 Å². The first-order chi connectivity index (χ1) is 11.4. The number of ether oxygens (including phenoxy) is 1. The number of esters is 1. The number of hydrogen-bond donors (Lipinski definition) is 0. The van der Waals surface area contributed by atoms with Crippen molar-refractivity contribution >= 4 is 45.5 Å². The van der Waals surface area contributed by atoms with Crippen LogP contribution in [0.3, 0.4) is 0 Å². The van der Waals surface area contributed by atoms with Crippen molar-refractivity contribution in [3.05, 3.63) is 70.3 Å². The highest BCUT2D eigenvalue weighted by atomic mass is 35.5. The summed E-state index contributed by atoms with van der Waals surface area (Å²) in [5, 5.41) is 1.29. The number of aromatic nitrogens is 1. The number of carbonyl (C=O) groups is 1. The van der Waals surface area contributed by atoms with Crippen LogP contribution in [0.4, 0.5) is 4.39 Å². The normalized spacial score (nSPS) is 12.8. The smallest absolute Gasteiger partial charge is 0.337 e. The van der Waals surface area contributed by atoms with Gasteiger partial charge < -0.3 is 4.74 Å². The van der Waals surface area contributed by atoms with Crippen LogP contribution in [0.1, 0.15) is 23.0 Å². The number of hydrogen-bond acceptors (Lipinski definition) is 3. The van der Waals surface area contributed by atoms with Crippen molar-refractivity contribution < 1.29 is 13.9 Å². The van der Waals surface area contributed by atoms with Crippen molar-refractivity contribution in [3.8, 4) is 0 Å². The third-order valence-corrected chi connectivity index (χ3v) is 4.16. The van der Waals surface area contributed by atoms with Crippen LogP contribution in [0.2, 0.25) is 0 Å². The molecule has 0 radical (unpaired) electrons. The molecule has 6 heteroatoms. The minimum Gasteiger partial charge on any atom is -0.465 e. The standard InChI is InChI=1S/C18H14Cl2FNO2/c1-4-13(19)16(14(20)5-2)17-12-8-10(18(23)24-3)6-7-11(12)15(21)9-22-17/h4-9H,1H2,2-3H3/b14-5+,16-13-. The van der Waals surface area contributed by atoms with Gasteiger partial charge in [-0.25, -0.2) is 9.18 Å². The lowest BCUT2D eigenvalue weighted by atomic mass is 10.0. The number of halogens is 3. The average molecular weight is 366 g/mol. The summed E-state index contributed by atoms with van der Waals surface area (Å²) in [4.78, 5) is 15.9. The van der Waals surface area contributed by atoms with E-state index in [2.05, 4.69) is 11.6 Å². The van der Waals surface area contributed by atoms with Crippen LogP contribution in [0.25, 0.3) is 16.3 Å². The van der Waals surface area contributed by atoms with Gasteiger partial charge in [-0.15, -0.1) is 0 Å². The fourth-order valence-corrected chi connectivity index (χ4v) is 2.67. The number of pyridine rings is 1. The van der Waals surface area contributed by atoms with Crippen LogP contribution in [0, 0.1) is 5.82 Å². The lowest BCUT2D eigenvalue weighted by Crippen LogP contribution is -2.02. The summed E-state index contributed by atoms with van der Waals surface area (Å²) in [6.07, 6.45) is 4.15. The van der Waals surface area contributed by atoms with Gasteiger partial charge in [0.1, 0.15) is 5.82 Å². The maximum atomic E-state index is 14.1. The molecule has 0 unspecified atom stereocenters. The Labute approximate surface area is 149 Å². The molecule has 0 bridgehead atoms. The van der Waals surface area contributed by atoms with Gasteiger partial charge in [-0.1, -0.05) is 41.9 Å². The van der Waals surface area contributed by atoms with Crippen molar-refractivity contribution in [2.75, 3.05) is 7.11 Å². The molecule has 124 valence electrons. The number of allylic oxidation sites excluding steroid dienone is 5. The van der Waals surface area contributed by atoms with Crippen LogP contribution >= 0.6 is 23.2 Å². The fraction of sp³-hybridized carbons (Fsp3) is 0.111. The molecule has 0 saturated carbocycles. The van der Waals surface area contributed by atoms with E-state index in [1.807, 2.05) is 0 Å². The summed E-state index contributed by atoms with van der Waals surface area (Å²) in [7, 11) is 1.27. The van der Waals surface area contributed by atoms with Crippen molar-refractivity contribution in [2.45, 2.75) is 6.92 Å². The molecule has 0 aliphatic heterocycles. The van der Waals surface area contributed by atoms with E-state index >= 15 is 0 Å². The molecule has 24 heavy (non-hydrogen) atoms. The Morgan fingerprint density at radius 1 is 1.33 bits per heavy atom. The predicted octanol–water partition coefficient (Wildman–Crippen LogP) is 5.44. The van der Waals surface area contributed by atoms with Crippen LogP contribution in [-0.2, 0) is 4.74 Å². The predicted molar refractivity (Wildman–Crippen MR) is 95.6 cm³/mol. The second-order valence-corrected chi connectivity index (χ2v) is 5.58. The molecule has 0 amide bonds. The summed E-state index contributed by atoms with van der Waals surface area (Å²) in [5.74, 6) is -1.06. The molecule has 0 aliphatic carbocycles. The molecule has 2 aromatic rings. The van der Waals surface area contributed by atoms with Gasteiger partial charge >= 0.3 is 5.97 Å². The molecule has 0 N–H and O–H groups in total. The second-order valence-electron chi connectivity index (χ2n) is 4.77. The Kier molecular flexibility index (Phi) is 5.75. The summed E-state index contributed by atoms with van der Waals surface area (Å²) < 4.78 is 18.8. The number of rotatable bonds is 4. The Hall–Kier alpha value is -2.17. The van der Waals surface area contributed by atoms with E-state index < -0.39 is 11.8 Å². The van der Waals surface area contributed by atoms with Gasteiger partial charge in [0.15, 0.2) is 0 Å². The average Bonchev–Trinajstić information content (AvgIpc) is 2.62. The van der Waals surface area contributed by atoms with Crippen molar-refractivity contribution in [3.63, 3.8) is 0 Å². The largest absolute Gasteiger partial charge is 0.465 e.